The van der Waals surface area contributed by atoms with Crippen molar-refractivity contribution in [1.29, 1.82) is 0 Å². The molecule has 0 saturated heterocycles. The molecule has 6 nitrogen and oxygen atoms in total. The summed E-state index contributed by atoms with van der Waals surface area (Å²) in [7, 11) is 0.329. The minimum absolute atomic E-state index is 0.115. The van der Waals surface area contributed by atoms with Crippen molar-refractivity contribution in [2.75, 3.05) is 33.8 Å². The average molecular weight is 477 g/mol. The predicted octanol–water partition coefficient (Wildman–Crippen LogP) is 4.18. The number of nitrogens with zero attached hydrogens (tertiary/aromatic N) is 1. The Morgan fingerprint density at radius 2 is 1.85 bits per heavy atom. The summed E-state index contributed by atoms with van der Waals surface area (Å²) in [5.41, 5.74) is 1.67. The van der Waals surface area contributed by atoms with Gasteiger partial charge in [-0.1, -0.05) is 31.4 Å². The summed E-state index contributed by atoms with van der Waals surface area (Å²) in [6.45, 7) is 2.45. The van der Waals surface area contributed by atoms with Gasteiger partial charge in [-0.3, -0.25) is 4.79 Å². The molecule has 0 aromatic heterocycles. The molecule has 0 bridgehead atoms. The van der Waals surface area contributed by atoms with Crippen LogP contribution in [0.5, 0.6) is 5.75 Å². The Hall–Kier alpha value is -2.29. The fourth-order valence-electron chi connectivity index (χ4n) is 4.01. The number of ether oxygens (including phenoxy) is 1. The molecule has 1 aliphatic carbocycles. The molecule has 0 radical (unpaired) electrons. The van der Waals surface area contributed by atoms with Crippen molar-refractivity contribution in [1.82, 2.24) is 9.62 Å². The number of likely N-dealkylation sites (N-methyl/N-ethyl adjacent to an activating group) is 1. The zero-order valence-electron chi connectivity index (χ0n) is 19.6. The summed E-state index contributed by atoms with van der Waals surface area (Å²) in [5, 5.41) is -0.479. The monoisotopic (exact) mass is 476 g/mol. The summed E-state index contributed by atoms with van der Waals surface area (Å²) in [4.78, 5) is 14.8. The van der Waals surface area contributed by atoms with Gasteiger partial charge in [0.15, 0.2) is 5.78 Å². The number of Topliss-reactive ketones (excluding diaryl/α,β-unsaturated/α-hetero) is 1. The normalized spacial score (nSPS) is 15.1. The second-order valence-electron chi connectivity index (χ2n) is 8.88. The first-order valence-electron chi connectivity index (χ1n) is 11.4. The van der Waals surface area contributed by atoms with E-state index in [1.54, 1.807) is 13.0 Å². The van der Waals surface area contributed by atoms with Crippen molar-refractivity contribution >= 4 is 15.8 Å². The fraction of sp³-hybridized carbons (Fsp3) is 0.480. The number of hydrogen-bond donors (Lipinski definition) is 1. The van der Waals surface area contributed by atoms with Gasteiger partial charge in [0.25, 0.3) is 0 Å². The van der Waals surface area contributed by atoms with Crippen LogP contribution in [0.25, 0.3) is 11.1 Å². The molecule has 180 valence electrons. The second kappa shape index (κ2) is 11.2. The molecule has 1 fully saturated rings. The van der Waals surface area contributed by atoms with E-state index in [0.29, 0.717) is 36.3 Å². The zero-order chi connectivity index (χ0) is 24.0. The molecule has 0 atom stereocenters. The van der Waals surface area contributed by atoms with Crippen LogP contribution in [0.2, 0.25) is 0 Å². The molecule has 1 aliphatic rings. The molecule has 1 saturated carbocycles. The Balaban J connectivity index is 1.76. The van der Waals surface area contributed by atoms with Gasteiger partial charge in [0, 0.05) is 6.54 Å². The highest BCUT2D eigenvalue weighted by Crippen LogP contribution is 2.28. The number of sulfonamides is 1. The maximum Gasteiger partial charge on any atom is 0.214 e. The molecule has 0 heterocycles. The Kier molecular flexibility index (Phi) is 8.62. The van der Waals surface area contributed by atoms with Crippen LogP contribution in [0.3, 0.4) is 0 Å². The topological polar surface area (TPSA) is 75.7 Å². The van der Waals surface area contributed by atoms with E-state index < -0.39 is 33.4 Å². The van der Waals surface area contributed by atoms with E-state index in [2.05, 4.69) is 4.72 Å². The smallest absolute Gasteiger partial charge is 0.214 e. The number of carbonyl (C=O) groups is 1. The lowest BCUT2D eigenvalue weighted by atomic mass is 9.97. The van der Waals surface area contributed by atoms with E-state index >= 15 is 0 Å². The molecule has 3 rings (SSSR count). The van der Waals surface area contributed by atoms with Crippen LogP contribution in [0, 0.1) is 12.7 Å². The highest BCUT2D eigenvalue weighted by molar-refractivity contribution is 7.90. The molecular weight excluding hydrogens is 443 g/mol. The first-order chi connectivity index (χ1) is 15.7. The van der Waals surface area contributed by atoms with Crippen LogP contribution in [0.4, 0.5) is 4.39 Å². The maximum absolute atomic E-state index is 14.8. The van der Waals surface area contributed by atoms with Gasteiger partial charge in [-0.05, 0) is 74.8 Å². The summed E-state index contributed by atoms with van der Waals surface area (Å²) in [5.74, 6) is -0.529. The third kappa shape index (κ3) is 6.85. The molecule has 0 spiro atoms. The van der Waals surface area contributed by atoms with Crippen molar-refractivity contribution in [2.24, 2.45) is 0 Å². The predicted molar refractivity (Wildman–Crippen MR) is 129 cm³/mol. The van der Waals surface area contributed by atoms with Crippen molar-refractivity contribution in [3.63, 3.8) is 0 Å². The number of aryl methyl sites for hydroxylation is 1. The molecule has 0 aliphatic heterocycles. The zero-order valence-corrected chi connectivity index (χ0v) is 20.4. The van der Waals surface area contributed by atoms with Crippen molar-refractivity contribution < 1.29 is 22.3 Å². The number of nitrogens with one attached hydrogen (secondary N) is 1. The van der Waals surface area contributed by atoms with Gasteiger partial charge in [0.05, 0.1) is 17.4 Å². The lowest BCUT2D eigenvalue weighted by molar-refractivity contribution is 0.0993. The van der Waals surface area contributed by atoms with Crippen LogP contribution in [-0.4, -0.2) is 58.1 Å². The van der Waals surface area contributed by atoms with Gasteiger partial charge in [-0.15, -0.1) is 0 Å². The Morgan fingerprint density at radius 1 is 1.12 bits per heavy atom. The van der Waals surface area contributed by atoms with Crippen LogP contribution < -0.4 is 9.46 Å². The van der Waals surface area contributed by atoms with Gasteiger partial charge in [-0.2, -0.15) is 0 Å². The number of ketones is 1. The molecule has 33 heavy (non-hydrogen) atoms. The first kappa shape index (κ1) is 25.3. The highest BCUT2D eigenvalue weighted by Gasteiger charge is 2.28. The van der Waals surface area contributed by atoms with Crippen molar-refractivity contribution in [2.45, 2.75) is 44.3 Å². The highest BCUT2D eigenvalue weighted by atomic mass is 32.2. The van der Waals surface area contributed by atoms with Gasteiger partial charge in [-0.25, -0.2) is 17.5 Å². The summed E-state index contributed by atoms with van der Waals surface area (Å²) < 4.78 is 48.1. The van der Waals surface area contributed by atoms with Gasteiger partial charge >= 0.3 is 0 Å². The van der Waals surface area contributed by atoms with Crippen LogP contribution in [-0.2, 0) is 10.0 Å². The molecule has 2 aromatic rings. The van der Waals surface area contributed by atoms with E-state index in [1.165, 1.54) is 6.07 Å². The lowest BCUT2D eigenvalue weighted by Crippen LogP contribution is -2.38. The molecular formula is C25H33FN2O4S. The minimum Gasteiger partial charge on any atom is -0.492 e. The number of hydrogen-bond acceptors (Lipinski definition) is 5. The molecule has 1 N–H and O–H groups in total. The Morgan fingerprint density at radius 3 is 2.55 bits per heavy atom. The van der Waals surface area contributed by atoms with Gasteiger partial charge < -0.3 is 9.64 Å². The third-order valence-corrected chi connectivity index (χ3v) is 7.85. The SMILES string of the molecule is Cc1cc(-c2cccc(OCCN(C)C)c2)cc(C(=O)CNS(=O)(=O)C2CCCCC2)c1F. The number of rotatable bonds is 10. The van der Waals surface area contributed by atoms with Gasteiger partial charge in [0.1, 0.15) is 18.2 Å². The number of halogens is 1. The fourth-order valence-corrected chi connectivity index (χ4v) is 5.53. The quantitative estimate of drug-likeness (QED) is 0.521. The van der Waals surface area contributed by atoms with E-state index in [-0.39, 0.29) is 5.56 Å². The summed E-state index contributed by atoms with van der Waals surface area (Å²) in [6, 6.07) is 10.6. The number of carbonyl (C=O) groups excluding carboxylic acids is 1. The van der Waals surface area contributed by atoms with E-state index in [9.17, 15) is 17.6 Å². The second-order valence-corrected chi connectivity index (χ2v) is 10.9. The first-order valence-corrected chi connectivity index (χ1v) is 12.9. The van der Waals surface area contributed by atoms with Crippen LogP contribution >= 0.6 is 0 Å². The van der Waals surface area contributed by atoms with Crippen LogP contribution in [0.15, 0.2) is 36.4 Å². The van der Waals surface area contributed by atoms with E-state index in [1.807, 2.05) is 43.3 Å². The van der Waals surface area contributed by atoms with E-state index in [4.69, 9.17) is 4.74 Å². The van der Waals surface area contributed by atoms with Crippen molar-refractivity contribution in [3.05, 3.63) is 53.3 Å². The Bertz CT molecular complexity index is 1080. The lowest BCUT2D eigenvalue weighted by Gasteiger charge is -2.21. The maximum atomic E-state index is 14.8. The molecule has 2 aromatic carbocycles. The molecule has 8 heteroatoms. The van der Waals surface area contributed by atoms with Crippen molar-refractivity contribution in [3.8, 4) is 16.9 Å². The Labute approximate surface area is 196 Å². The molecule has 0 unspecified atom stereocenters. The minimum atomic E-state index is -3.61. The summed E-state index contributed by atoms with van der Waals surface area (Å²) in [6.07, 6.45) is 3.96. The largest absolute Gasteiger partial charge is 0.492 e. The van der Waals surface area contributed by atoms with Crippen LogP contribution in [0.1, 0.15) is 48.0 Å². The standard InChI is InChI=1S/C25H33FN2O4S/c1-18-14-20(19-8-7-9-21(15-19)32-13-12-28(2)3)16-23(25(18)26)24(29)17-27-33(30,31)22-10-5-4-6-11-22/h7-9,14-16,22,27H,4-6,10-13,17H2,1-3H3. The molecule has 0 amide bonds. The summed E-state index contributed by atoms with van der Waals surface area (Å²) >= 11 is 0. The third-order valence-electron chi connectivity index (χ3n) is 5.95. The average Bonchev–Trinajstić information content (AvgIpc) is 2.80. The van der Waals surface area contributed by atoms with Gasteiger partial charge in [0.2, 0.25) is 10.0 Å². The number of benzene rings is 2. The van der Waals surface area contributed by atoms with E-state index in [0.717, 1.165) is 31.4 Å².